The average Bonchev–Trinajstić information content (AvgIpc) is 2.98. The number of nitrogens with one attached hydrogen (secondary N) is 2. The van der Waals surface area contributed by atoms with Gasteiger partial charge in [-0.1, -0.05) is 23.9 Å². The van der Waals surface area contributed by atoms with Crippen molar-refractivity contribution in [3.05, 3.63) is 41.7 Å². The van der Waals surface area contributed by atoms with E-state index in [1.54, 1.807) is 6.92 Å². The highest BCUT2D eigenvalue weighted by atomic mass is 32.2. The van der Waals surface area contributed by atoms with E-state index in [2.05, 4.69) is 15.7 Å². The second-order valence-corrected chi connectivity index (χ2v) is 8.13. The zero-order valence-corrected chi connectivity index (χ0v) is 15.0. The fourth-order valence-corrected chi connectivity index (χ4v) is 4.58. The summed E-state index contributed by atoms with van der Waals surface area (Å²) in [5, 5.41) is 10.3. The molecule has 4 rings (SSSR count). The van der Waals surface area contributed by atoms with Gasteiger partial charge in [0, 0.05) is 23.2 Å². The molecule has 0 bridgehead atoms. The van der Waals surface area contributed by atoms with Gasteiger partial charge in [-0.15, -0.1) is 0 Å². The Labute approximate surface area is 150 Å². The first-order valence-electron chi connectivity index (χ1n) is 8.40. The third-order valence-electron chi connectivity index (χ3n) is 5.00. The van der Waals surface area contributed by atoms with Crippen LogP contribution < -0.4 is 10.6 Å². The molecule has 0 unspecified atom stereocenters. The van der Waals surface area contributed by atoms with E-state index in [-0.39, 0.29) is 17.9 Å². The van der Waals surface area contributed by atoms with Crippen LogP contribution in [0.1, 0.15) is 37.1 Å². The van der Waals surface area contributed by atoms with E-state index >= 15 is 0 Å². The minimum atomic E-state index is -1.19. The van der Waals surface area contributed by atoms with Crippen LogP contribution >= 0.6 is 11.8 Å². The van der Waals surface area contributed by atoms with Crippen LogP contribution in [0.15, 0.2) is 35.4 Å². The maximum absolute atomic E-state index is 13.0. The van der Waals surface area contributed by atoms with Crippen LogP contribution in [-0.2, 0) is 23.1 Å². The van der Waals surface area contributed by atoms with Gasteiger partial charge >= 0.3 is 0 Å². The van der Waals surface area contributed by atoms with Crippen molar-refractivity contribution < 1.29 is 9.59 Å². The molecule has 25 heavy (non-hydrogen) atoms. The minimum absolute atomic E-state index is 0.0904. The lowest BCUT2D eigenvalue weighted by Crippen LogP contribution is -2.53. The maximum Gasteiger partial charge on any atom is 0.250 e. The van der Waals surface area contributed by atoms with Gasteiger partial charge in [0.2, 0.25) is 11.8 Å². The number of thioether (sulfide) groups is 1. The zero-order valence-electron chi connectivity index (χ0n) is 14.2. The molecule has 2 atom stereocenters. The summed E-state index contributed by atoms with van der Waals surface area (Å²) in [7, 11) is 1.92. The second kappa shape index (κ2) is 5.91. The van der Waals surface area contributed by atoms with Crippen molar-refractivity contribution in [3.63, 3.8) is 0 Å². The average molecular weight is 356 g/mol. The van der Waals surface area contributed by atoms with Gasteiger partial charge < -0.3 is 10.6 Å². The third kappa shape index (κ3) is 2.63. The molecule has 1 aliphatic heterocycles. The molecule has 2 heterocycles. The molecule has 0 radical (unpaired) electrons. The SMILES string of the molecule is Cn1ncc2c1CCC[C@@H]2NC(=O)[C@@]1(C)Sc2ccccc2NC1=O. The molecule has 2 aromatic rings. The Hall–Kier alpha value is -2.28. The van der Waals surface area contributed by atoms with E-state index in [0.29, 0.717) is 0 Å². The summed E-state index contributed by atoms with van der Waals surface area (Å²) < 4.78 is 0.682. The Morgan fingerprint density at radius 3 is 3.08 bits per heavy atom. The van der Waals surface area contributed by atoms with E-state index in [4.69, 9.17) is 0 Å². The number of aromatic nitrogens is 2. The van der Waals surface area contributed by atoms with Crippen LogP contribution in [0.25, 0.3) is 0 Å². The topological polar surface area (TPSA) is 76.0 Å². The van der Waals surface area contributed by atoms with Crippen molar-refractivity contribution >= 4 is 29.3 Å². The molecule has 0 fully saturated rings. The molecular formula is C18H20N4O2S. The summed E-state index contributed by atoms with van der Waals surface area (Å²) in [6, 6.07) is 7.46. The van der Waals surface area contributed by atoms with Crippen LogP contribution in [0, 0.1) is 0 Å². The van der Waals surface area contributed by atoms with Crippen molar-refractivity contribution in [2.24, 2.45) is 7.05 Å². The quantitative estimate of drug-likeness (QED) is 0.810. The summed E-state index contributed by atoms with van der Waals surface area (Å²) in [5.41, 5.74) is 2.98. The van der Waals surface area contributed by atoms with E-state index in [9.17, 15) is 9.59 Å². The molecule has 7 heteroatoms. The number of amides is 2. The standard InChI is InChI=1S/C18H20N4O2S/c1-18(17(24)21-13-6-3-4-9-15(13)25-18)16(23)20-12-7-5-8-14-11(12)10-19-22(14)2/h3-4,6,9-10,12H,5,7-8H2,1-2H3,(H,20,23)(H,21,24)/t12-,18+/m0/s1. The molecule has 2 aliphatic rings. The molecule has 1 aromatic carbocycles. The highest BCUT2D eigenvalue weighted by molar-refractivity contribution is 8.02. The summed E-state index contributed by atoms with van der Waals surface area (Å²) in [6.07, 6.45) is 4.66. The Morgan fingerprint density at radius 2 is 2.24 bits per heavy atom. The van der Waals surface area contributed by atoms with Gasteiger partial charge in [-0.25, -0.2) is 0 Å². The number of carbonyl (C=O) groups is 2. The van der Waals surface area contributed by atoms with Gasteiger partial charge in [0.05, 0.1) is 17.9 Å². The Bertz CT molecular complexity index is 863. The Balaban J connectivity index is 1.58. The highest BCUT2D eigenvalue weighted by Gasteiger charge is 2.46. The number of nitrogens with zero attached hydrogens (tertiary/aromatic N) is 2. The fourth-order valence-electron chi connectivity index (χ4n) is 3.47. The van der Waals surface area contributed by atoms with Crippen molar-refractivity contribution in [3.8, 4) is 0 Å². The Morgan fingerprint density at radius 1 is 1.44 bits per heavy atom. The Kier molecular flexibility index (Phi) is 3.83. The van der Waals surface area contributed by atoms with Crippen LogP contribution in [0.5, 0.6) is 0 Å². The van der Waals surface area contributed by atoms with Gasteiger partial charge in [-0.05, 0) is 38.3 Å². The molecule has 0 saturated carbocycles. The number of anilines is 1. The molecule has 6 nitrogen and oxygen atoms in total. The van der Waals surface area contributed by atoms with Gasteiger partial charge in [-0.2, -0.15) is 5.10 Å². The first-order valence-corrected chi connectivity index (χ1v) is 9.22. The number of para-hydroxylation sites is 1. The number of carbonyl (C=O) groups excluding carboxylic acids is 2. The summed E-state index contributed by atoms with van der Waals surface area (Å²) in [4.78, 5) is 26.5. The van der Waals surface area contributed by atoms with Crippen molar-refractivity contribution in [1.82, 2.24) is 15.1 Å². The van der Waals surface area contributed by atoms with Gasteiger partial charge in [0.1, 0.15) is 0 Å². The van der Waals surface area contributed by atoms with Crippen LogP contribution in [0.2, 0.25) is 0 Å². The fraction of sp³-hybridized carbons (Fsp3) is 0.389. The lowest BCUT2D eigenvalue weighted by molar-refractivity contribution is -0.130. The lowest BCUT2D eigenvalue weighted by Gasteiger charge is -2.34. The van der Waals surface area contributed by atoms with E-state index in [1.807, 2.05) is 42.2 Å². The molecule has 1 aliphatic carbocycles. The predicted molar refractivity (Wildman–Crippen MR) is 96.4 cm³/mol. The van der Waals surface area contributed by atoms with Crippen molar-refractivity contribution in [2.75, 3.05) is 5.32 Å². The van der Waals surface area contributed by atoms with Crippen LogP contribution in [0.3, 0.4) is 0 Å². The number of fused-ring (bicyclic) bond motifs is 2. The van der Waals surface area contributed by atoms with E-state index in [1.165, 1.54) is 11.8 Å². The van der Waals surface area contributed by atoms with Crippen LogP contribution in [-0.4, -0.2) is 26.3 Å². The number of benzene rings is 1. The van der Waals surface area contributed by atoms with E-state index in [0.717, 1.165) is 41.1 Å². The normalized spacial score (nSPS) is 24.9. The minimum Gasteiger partial charge on any atom is -0.347 e. The summed E-state index contributed by atoms with van der Waals surface area (Å²) in [5.74, 6) is -0.540. The monoisotopic (exact) mass is 356 g/mol. The van der Waals surface area contributed by atoms with Gasteiger partial charge in [-0.3, -0.25) is 14.3 Å². The predicted octanol–water partition coefficient (Wildman–Crippen LogP) is 2.42. The highest BCUT2D eigenvalue weighted by Crippen LogP contribution is 2.43. The molecular weight excluding hydrogens is 336 g/mol. The van der Waals surface area contributed by atoms with Gasteiger partial charge in [0.15, 0.2) is 4.75 Å². The smallest absolute Gasteiger partial charge is 0.250 e. The van der Waals surface area contributed by atoms with E-state index < -0.39 is 4.75 Å². The first-order chi connectivity index (χ1) is 12.0. The summed E-state index contributed by atoms with van der Waals surface area (Å²) >= 11 is 1.31. The number of rotatable bonds is 2. The summed E-state index contributed by atoms with van der Waals surface area (Å²) in [6.45, 7) is 1.69. The van der Waals surface area contributed by atoms with Crippen molar-refractivity contribution in [1.29, 1.82) is 0 Å². The molecule has 2 N–H and O–H groups in total. The van der Waals surface area contributed by atoms with Crippen molar-refractivity contribution in [2.45, 2.75) is 41.9 Å². The molecule has 2 amide bonds. The number of hydrogen-bond acceptors (Lipinski definition) is 4. The van der Waals surface area contributed by atoms with Gasteiger partial charge in [0.25, 0.3) is 0 Å². The molecule has 130 valence electrons. The molecule has 0 saturated heterocycles. The number of hydrogen-bond donors (Lipinski definition) is 2. The molecule has 0 spiro atoms. The first kappa shape index (κ1) is 16.2. The zero-order chi connectivity index (χ0) is 17.6. The second-order valence-electron chi connectivity index (χ2n) is 6.67. The lowest BCUT2D eigenvalue weighted by atomic mass is 9.92. The largest absolute Gasteiger partial charge is 0.347 e. The number of aryl methyl sites for hydroxylation is 1. The maximum atomic E-state index is 13.0. The third-order valence-corrected chi connectivity index (χ3v) is 6.35. The van der Waals surface area contributed by atoms with Crippen LogP contribution in [0.4, 0.5) is 5.69 Å². The molecule has 1 aromatic heterocycles.